The SMILES string of the molecule is O=C(NC1CCSCC1)c1ccc(=O)[nH]c1. The Labute approximate surface area is 97.8 Å². The molecule has 0 unspecified atom stereocenters. The molecule has 2 N–H and O–H groups in total. The van der Waals surface area contributed by atoms with Crippen LogP contribution in [0.2, 0.25) is 0 Å². The lowest BCUT2D eigenvalue weighted by Gasteiger charge is -2.22. The van der Waals surface area contributed by atoms with Gasteiger partial charge in [-0.05, 0) is 30.4 Å². The van der Waals surface area contributed by atoms with Crippen molar-refractivity contribution in [3.63, 3.8) is 0 Å². The van der Waals surface area contributed by atoms with E-state index in [2.05, 4.69) is 10.3 Å². The summed E-state index contributed by atoms with van der Waals surface area (Å²) in [5.74, 6) is 2.11. The molecule has 0 radical (unpaired) electrons. The van der Waals surface area contributed by atoms with E-state index in [-0.39, 0.29) is 17.5 Å². The lowest BCUT2D eigenvalue weighted by Crippen LogP contribution is -2.37. The second-order valence-corrected chi connectivity index (χ2v) is 5.03. The Kier molecular flexibility index (Phi) is 3.66. The number of nitrogens with one attached hydrogen (secondary N) is 2. The summed E-state index contributed by atoms with van der Waals surface area (Å²) in [6, 6.07) is 3.19. The van der Waals surface area contributed by atoms with E-state index in [0.717, 1.165) is 24.3 Å². The summed E-state index contributed by atoms with van der Waals surface area (Å²) in [6.45, 7) is 0. The summed E-state index contributed by atoms with van der Waals surface area (Å²) in [5, 5.41) is 2.98. The van der Waals surface area contributed by atoms with Crippen molar-refractivity contribution in [3.8, 4) is 0 Å². The van der Waals surface area contributed by atoms with Crippen molar-refractivity contribution in [3.05, 3.63) is 34.2 Å². The van der Waals surface area contributed by atoms with Gasteiger partial charge in [0, 0.05) is 18.3 Å². The fraction of sp³-hybridized carbons (Fsp3) is 0.455. The van der Waals surface area contributed by atoms with Gasteiger partial charge in [-0.3, -0.25) is 9.59 Å². The molecule has 2 rings (SSSR count). The third kappa shape index (κ3) is 2.88. The summed E-state index contributed by atoms with van der Waals surface area (Å²) in [4.78, 5) is 25.1. The van der Waals surface area contributed by atoms with Gasteiger partial charge >= 0.3 is 0 Å². The van der Waals surface area contributed by atoms with E-state index in [1.165, 1.54) is 12.3 Å². The van der Waals surface area contributed by atoms with Gasteiger partial charge < -0.3 is 10.3 Å². The molecule has 4 nitrogen and oxygen atoms in total. The van der Waals surface area contributed by atoms with Crippen molar-refractivity contribution in [2.45, 2.75) is 18.9 Å². The maximum Gasteiger partial charge on any atom is 0.252 e. The molecule has 0 saturated carbocycles. The number of carbonyl (C=O) groups is 1. The minimum absolute atomic E-state index is 0.104. The van der Waals surface area contributed by atoms with Crippen LogP contribution in [0.1, 0.15) is 23.2 Å². The van der Waals surface area contributed by atoms with E-state index >= 15 is 0 Å². The van der Waals surface area contributed by atoms with Crippen LogP contribution >= 0.6 is 11.8 Å². The average Bonchev–Trinajstić information content (AvgIpc) is 2.31. The summed E-state index contributed by atoms with van der Waals surface area (Å²) < 4.78 is 0. The highest BCUT2D eigenvalue weighted by atomic mass is 32.2. The number of carbonyl (C=O) groups excluding carboxylic acids is 1. The zero-order valence-electron chi connectivity index (χ0n) is 8.86. The molecule has 0 bridgehead atoms. The Bertz CT molecular complexity index is 404. The third-order valence-electron chi connectivity index (χ3n) is 2.60. The molecule has 0 aromatic carbocycles. The zero-order valence-corrected chi connectivity index (χ0v) is 9.68. The fourth-order valence-electron chi connectivity index (χ4n) is 1.66. The minimum Gasteiger partial charge on any atom is -0.349 e. The summed E-state index contributed by atoms with van der Waals surface area (Å²) in [7, 11) is 0. The van der Waals surface area contributed by atoms with E-state index in [1.807, 2.05) is 11.8 Å². The first-order valence-electron chi connectivity index (χ1n) is 5.33. The van der Waals surface area contributed by atoms with E-state index < -0.39 is 0 Å². The molecule has 0 spiro atoms. The van der Waals surface area contributed by atoms with Gasteiger partial charge in [-0.25, -0.2) is 0 Å². The average molecular weight is 238 g/mol. The van der Waals surface area contributed by atoms with Crippen molar-refractivity contribution >= 4 is 17.7 Å². The van der Waals surface area contributed by atoms with Crippen molar-refractivity contribution in [2.24, 2.45) is 0 Å². The Morgan fingerprint density at radius 3 is 2.75 bits per heavy atom. The van der Waals surface area contributed by atoms with Crippen LogP contribution in [0.15, 0.2) is 23.1 Å². The number of thioether (sulfide) groups is 1. The maximum atomic E-state index is 11.8. The molecule has 1 aromatic heterocycles. The Hall–Kier alpha value is -1.23. The maximum absolute atomic E-state index is 11.8. The highest BCUT2D eigenvalue weighted by molar-refractivity contribution is 7.99. The first-order valence-corrected chi connectivity index (χ1v) is 6.48. The quantitative estimate of drug-likeness (QED) is 0.808. The molecular weight excluding hydrogens is 224 g/mol. The number of hydrogen-bond donors (Lipinski definition) is 2. The first kappa shape index (κ1) is 11.3. The van der Waals surface area contributed by atoms with Crippen LogP contribution in [-0.4, -0.2) is 28.4 Å². The number of aromatic nitrogens is 1. The van der Waals surface area contributed by atoms with Gasteiger partial charge in [-0.2, -0.15) is 11.8 Å². The van der Waals surface area contributed by atoms with Gasteiger partial charge in [0.1, 0.15) is 0 Å². The fourth-order valence-corrected chi connectivity index (χ4v) is 2.77. The van der Waals surface area contributed by atoms with Crippen LogP contribution in [0.3, 0.4) is 0 Å². The highest BCUT2D eigenvalue weighted by Gasteiger charge is 2.16. The smallest absolute Gasteiger partial charge is 0.252 e. The predicted octanol–water partition coefficient (Wildman–Crippen LogP) is 1.00. The lowest BCUT2D eigenvalue weighted by molar-refractivity contribution is 0.0934. The molecule has 2 heterocycles. The van der Waals surface area contributed by atoms with Crippen LogP contribution in [0.5, 0.6) is 0 Å². The molecule has 1 amide bonds. The molecule has 16 heavy (non-hydrogen) atoms. The molecule has 86 valence electrons. The van der Waals surface area contributed by atoms with Crippen molar-refractivity contribution in [1.29, 1.82) is 0 Å². The number of rotatable bonds is 2. The number of aromatic amines is 1. The molecule has 1 fully saturated rings. The van der Waals surface area contributed by atoms with Crippen LogP contribution in [0.4, 0.5) is 0 Å². The predicted molar refractivity (Wildman–Crippen MR) is 64.9 cm³/mol. The second kappa shape index (κ2) is 5.21. The topological polar surface area (TPSA) is 62.0 Å². The van der Waals surface area contributed by atoms with Gasteiger partial charge in [0.05, 0.1) is 5.56 Å². The Balaban J connectivity index is 1.96. The zero-order chi connectivity index (χ0) is 11.4. The number of pyridine rings is 1. The molecule has 1 aliphatic rings. The molecule has 1 aromatic rings. The normalized spacial score (nSPS) is 17.0. The largest absolute Gasteiger partial charge is 0.349 e. The molecule has 1 aliphatic heterocycles. The van der Waals surface area contributed by atoms with E-state index in [9.17, 15) is 9.59 Å². The molecule has 0 atom stereocenters. The van der Waals surface area contributed by atoms with Crippen LogP contribution < -0.4 is 10.9 Å². The van der Waals surface area contributed by atoms with E-state index in [4.69, 9.17) is 0 Å². The minimum atomic E-state index is -0.189. The van der Waals surface area contributed by atoms with Crippen LogP contribution in [-0.2, 0) is 0 Å². The summed E-state index contributed by atoms with van der Waals surface area (Å²) >= 11 is 1.92. The Morgan fingerprint density at radius 1 is 1.38 bits per heavy atom. The summed E-state index contributed by atoms with van der Waals surface area (Å²) in [6.07, 6.45) is 3.51. The third-order valence-corrected chi connectivity index (χ3v) is 3.65. The second-order valence-electron chi connectivity index (χ2n) is 3.80. The molecule has 0 aliphatic carbocycles. The lowest BCUT2D eigenvalue weighted by atomic mass is 10.1. The van der Waals surface area contributed by atoms with Crippen molar-refractivity contribution < 1.29 is 4.79 Å². The molecule has 1 saturated heterocycles. The van der Waals surface area contributed by atoms with Gasteiger partial charge in [0.15, 0.2) is 0 Å². The van der Waals surface area contributed by atoms with Gasteiger partial charge in [-0.1, -0.05) is 0 Å². The number of amides is 1. The van der Waals surface area contributed by atoms with Crippen LogP contribution in [0, 0.1) is 0 Å². The van der Waals surface area contributed by atoms with E-state index in [1.54, 1.807) is 6.07 Å². The highest BCUT2D eigenvalue weighted by Crippen LogP contribution is 2.17. The molecular formula is C11H14N2O2S. The standard InChI is InChI=1S/C11H14N2O2S/c14-10-2-1-8(7-12-10)11(15)13-9-3-5-16-6-4-9/h1-2,7,9H,3-6H2,(H,12,14)(H,13,15). The summed E-state index contributed by atoms with van der Waals surface area (Å²) in [5.41, 5.74) is 0.323. The monoisotopic (exact) mass is 238 g/mol. The van der Waals surface area contributed by atoms with Crippen molar-refractivity contribution in [1.82, 2.24) is 10.3 Å². The van der Waals surface area contributed by atoms with Gasteiger partial charge in [0.25, 0.3) is 5.91 Å². The Morgan fingerprint density at radius 2 is 2.12 bits per heavy atom. The first-order chi connectivity index (χ1) is 7.75. The van der Waals surface area contributed by atoms with Gasteiger partial charge in [0.2, 0.25) is 5.56 Å². The van der Waals surface area contributed by atoms with Crippen LogP contribution in [0.25, 0.3) is 0 Å². The van der Waals surface area contributed by atoms with Crippen molar-refractivity contribution in [2.75, 3.05) is 11.5 Å². The van der Waals surface area contributed by atoms with Gasteiger partial charge in [-0.15, -0.1) is 0 Å². The number of H-pyrrole nitrogens is 1. The van der Waals surface area contributed by atoms with E-state index in [0.29, 0.717) is 5.56 Å². The molecule has 5 heteroatoms. The number of hydrogen-bond acceptors (Lipinski definition) is 3.